The molecule has 0 spiro atoms. The van der Waals surface area contributed by atoms with Crippen LogP contribution < -0.4 is 0 Å². The molecule has 1 aromatic heterocycles. The number of benzene rings is 1. The van der Waals surface area contributed by atoms with Crippen molar-refractivity contribution in [2.75, 3.05) is 24.4 Å². The van der Waals surface area contributed by atoms with Gasteiger partial charge in [-0.2, -0.15) is 11.8 Å². The van der Waals surface area contributed by atoms with Crippen LogP contribution in [0.4, 0.5) is 0 Å². The lowest BCUT2D eigenvalue weighted by Crippen LogP contribution is -2.19. The molecule has 1 N–H and O–H groups in total. The Morgan fingerprint density at radius 1 is 1.36 bits per heavy atom. The number of ketones is 1. The van der Waals surface area contributed by atoms with Gasteiger partial charge in [0.15, 0.2) is 0 Å². The predicted molar refractivity (Wildman–Crippen MR) is 143 cm³/mol. The van der Waals surface area contributed by atoms with Gasteiger partial charge in [-0.1, -0.05) is 48.9 Å². The molecule has 1 aromatic carbocycles. The molecule has 0 saturated heterocycles. The van der Waals surface area contributed by atoms with E-state index in [4.69, 9.17) is 11.6 Å². The van der Waals surface area contributed by atoms with Crippen LogP contribution in [0.5, 0.6) is 0 Å². The average Bonchev–Trinajstić information content (AvgIpc) is 3.27. The molecule has 1 heterocycles. The zero-order valence-corrected chi connectivity index (χ0v) is 22.2. The number of thiophene rings is 1. The van der Waals surface area contributed by atoms with Gasteiger partial charge < -0.3 is 9.84 Å². The van der Waals surface area contributed by atoms with E-state index >= 15 is 0 Å². The van der Waals surface area contributed by atoms with E-state index in [1.165, 1.54) is 11.8 Å². The second-order valence-electron chi connectivity index (χ2n) is 8.33. The maximum Gasteiger partial charge on any atom is 0.315 e. The third kappa shape index (κ3) is 7.49. The first-order valence-electron chi connectivity index (χ1n) is 11.2. The molecule has 180 valence electrons. The van der Waals surface area contributed by atoms with Crippen LogP contribution in [0.3, 0.4) is 0 Å². The minimum absolute atomic E-state index is 0.0499. The van der Waals surface area contributed by atoms with Crippen molar-refractivity contribution in [1.82, 2.24) is 0 Å². The van der Waals surface area contributed by atoms with Crippen molar-refractivity contribution in [3.05, 3.63) is 46.3 Å². The molecular formula is C25H31ClO4S3. The number of Topliss-reactive ketones (excluding diaryl/α,β-unsaturated/α-hetero) is 1. The minimum Gasteiger partial charge on any atom is -0.468 e. The largest absolute Gasteiger partial charge is 0.468 e. The Morgan fingerprint density at radius 2 is 2.15 bits per heavy atom. The van der Waals surface area contributed by atoms with E-state index in [-0.39, 0.29) is 23.1 Å². The zero-order valence-electron chi connectivity index (χ0n) is 19.0. The molecule has 33 heavy (non-hydrogen) atoms. The third-order valence-electron chi connectivity index (χ3n) is 5.85. The number of aliphatic hydroxyl groups is 1. The summed E-state index contributed by atoms with van der Waals surface area (Å²) in [4.78, 5) is 24.8. The molecule has 0 aliphatic heterocycles. The molecule has 0 amide bonds. The van der Waals surface area contributed by atoms with Crippen LogP contribution in [-0.4, -0.2) is 52.6 Å². The highest BCUT2D eigenvalue weighted by molar-refractivity contribution is 8.01. The van der Waals surface area contributed by atoms with E-state index in [9.17, 15) is 14.7 Å². The van der Waals surface area contributed by atoms with Crippen molar-refractivity contribution in [2.24, 2.45) is 11.8 Å². The number of fused-ring (bicyclic) bond motifs is 1. The fraction of sp³-hybridized carbons (Fsp3) is 0.520. The molecular weight excluding hydrogens is 496 g/mol. The lowest BCUT2D eigenvalue weighted by Gasteiger charge is -2.18. The summed E-state index contributed by atoms with van der Waals surface area (Å²) < 4.78 is 5.81. The van der Waals surface area contributed by atoms with Gasteiger partial charge in [-0.05, 0) is 48.7 Å². The molecule has 8 heteroatoms. The number of carbonyl (C=O) groups excluding carboxylic acids is 2. The van der Waals surface area contributed by atoms with Crippen molar-refractivity contribution in [3.8, 4) is 0 Å². The number of methoxy groups -OCH3 is 1. The number of hydrogen-bond donors (Lipinski definition) is 1. The number of thioether (sulfide) groups is 2. The van der Waals surface area contributed by atoms with E-state index in [1.807, 2.05) is 24.3 Å². The summed E-state index contributed by atoms with van der Waals surface area (Å²) >= 11 is 11.5. The number of ether oxygens (including phenoxy) is 1. The topological polar surface area (TPSA) is 63.6 Å². The van der Waals surface area contributed by atoms with Crippen molar-refractivity contribution >= 4 is 68.3 Å². The number of aliphatic hydroxyl groups excluding tert-OH is 1. The summed E-state index contributed by atoms with van der Waals surface area (Å²) in [7, 11) is 1.40. The number of halogens is 1. The highest BCUT2D eigenvalue weighted by atomic mass is 35.5. The number of carbonyl (C=O) groups is 2. The van der Waals surface area contributed by atoms with Gasteiger partial charge >= 0.3 is 5.97 Å². The van der Waals surface area contributed by atoms with Crippen LogP contribution in [-0.2, 0) is 20.7 Å². The van der Waals surface area contributed by atoms with Gasteiger partial charge in [-0.15, -0.1) is 23.1 Å². The number of allylic oxidation sites excluding steroid dienone is 1. The lowest BCUT2D eigenvalue weighted by molar-refractivity contribution is -0.137. The first-order valence-corrected chi connectivity index (χ1v) is 14.6. The van der Waals surface area contributed by atoms with Crippen molar-refractivity contribution in [2.45, 2.75) is 44.0 Å². The Morgan fingerprint density at radius 3 is 2.91 bits per heavy atom. The first-order chi connectivity index (χ1) is 15.9. The molecule has 1 fully saturated rings. The molecule has 1 unspecified atom stereocenters. The number of hydrogen-bond acceptors (Lipinski definition) is 7. The zero-order chi connectivity index (χ0) is 23.8. The molecule has 1 aliphatic rings. The molecule has 2 aromatic rings. The quantitative estimate of drug-likeness (QED) is 0.207. The Bertz CT molecular complexity index is 974. The van der Waals surface area contributed by atoms with Crippen molar-refractivity contribution in [1.29, 1.82) is 0 Å². The molecule has 0 radical (unpaired) electrons. The highest BCUT2D eigenvalue weighted by Crippen LogP contribution is 2.39. The second-order valence-corrected chi connectivity index (χ2v) is 12.2. The van der Waals surface area contributed by atoms with Gasteiger partial charge in [0.1, 0.15) is 5.78 Å². The fourth-order valence-electron chi connectivity index (χ4n) is 4.02. The number of rotatable bonds is 12. The Hall–Kier alpha value is -0.990. The maximum atomic E-state index is 12.5. The molecule has 1 saturated carbocycles. The van der Waals surface area contributed by atoms with E-state index in [0.29, 0.717) is 24.4 Å². The molecule has 3 rings (SSSR count). The third-order valence-corrected chi connectivity index (χ3v) is 10.1. The summed E-state index contributed by atoms with van der Waals surface area (Å²) in [6.45, 7) is 2.11. The van der Waals surface area contributed by atoms with Gasteiger partial charge in [0.25, 0.3) is 0 Å². The first kappa shape index (κ1) is 26.6. The van der Waals surface area contributed by atoms with Crippen LogP contribution in [0.2, 0.25) is 5.02 Å². The fourth-order valence-corrected chi connectivity index (χ4v) is 7.95. The van der Waals surface area contributed by atoms with Crippen molar-refractivity contribution in [3.63, 3.8) is 0 Å². The summed E-state index contributed by atoms with van der Waals surface area (Å²) in [5.41, 5.74) is 0. The summed E-state index contributed by atoms with van der Waals surface area (Å²) in [6.07, 6.45) is 6.22. The van der Waals surface area contributed by atoms with E-state index in [2.05, 4.69) is 23.8 Å². The summed E-state index contributed by atoms with van der Waals surface area (Å²) in [5, 5.41) is 12.4. The van der Waals surface area contributed by atoms with Gasteiger partial charge in [0.2, 0.25) is 0 Å². The van der Waals surface area contributed by atoms with Crippen molar-refractivity contribution < 1.29 is 19.4 Å². The SMILES string of the molecule is COC(=O)CSCCCS[C@H]1C(=O)C[C@@H](C)[C@@H]1/C=C/C(O)CCc1sc2ccccc2c1Cl. The monoisotopic (exact) mass is 526 g/mol. The van der Waals surface area contributed by atoms with Gasteiger partial charge in [-0.25, -0.2) is 0 Å². The van der Waals surface area contributed by atoms with Crippen LogP contribution in [0.1, 0.15) is 31.1 Å². The molecule has 4 atom stereocenters. The van der Waals surface area contributed by atoms with Gasteiger partial charge in [0, 0.05) is 21.4 Å². The van der Waals surface area contributed by atoms with Gasteiger partial charge in [-0.3, -0.25) is 9.59 Å². The Kier molecular flexibility index (Phi) is 10.6. The minimum atomic E-state index is -0.561. The van der Waals surface area contributed by atoms with Crippen LogP contribution in [0.25, 0.3) is 10.1 Å². The van der Waals surface area contributed by atoms with Crippen LogP contribution in [0, 0.1) is 11.8 Å². The number of aryl methyl sites for hydroxylation is 1. The second kappa shape index (κ2) is 13.2. The molecule has 4 nitrogen and oxygen atoms in total. The van der Waals surface area contributed by atoms with Gasteiger partial charge in [0.05, 0.1) is 29.2 Å². The maximum absolute atomic E-state index is 12.5. The summed E-state index contributed by atoms with van der Waals surface area (Å²) in [6, 6.07) is 8.10. The lowest BCUT2D eigenvalue weighted by atomic mass is 9.96. The predicted octanol–water partition coefficient (Wildman–Crippen LogP) is 6.03. The Labute approximate surface area is 213 Å². The van der Waals surface area contributed by atoms with E-state index in [0.717, 1.165) is 39.6 Å². The van der Waals surface area contributed by atoms with E-state index in [1.54, 1.807) is 34.9 Å². The van der Waals surface area contributed by atoms with E-state index < -0.39 is 6.10 Å². The molecule has 0 bridgehead atoms. The molecule has 1 aliphatic carbocycles. The highest BCUT2D eigenvalue weighted by Gasteiger charge is 2.38. The average molecular weight is 527 g/mol. The normalized spacial score (nSPS) is 21.8. The Balaban J connectivity index is 1.47. The number of esters is 1. The van der Waals surface area contributed by atoms with Crippen LogP contribution >= 0.6 is 46.5 Å². The van der Waals surface area contributed by atoms with Crippen LogP contribution in [0.15, 0.2) is 36.4 Å². The summed E-state index contributed by atoms with van der Waals surface area (Å²) in [5.74, 6) is 2.65. The standard InChI is InChI=1S/C25H31ClO4S3/c1-16-14-20(28)25(32-13-5-12-31-15-23(29)30-2)18(16)10-8-17(27)9-11-22-24(26)19-6-3-4-7-21(19)33-22/h3-4,6-8,10,16-18,25,27H,5,9,11-15H2,1-2H3/b10-8+/t16-,17?,18+,25-/m1/s1. The smallest absolute Gasteiger partial charge is 0.315 e.